The van der Waals surface area contributed by atoms with E-state index in [9.17, 15) is 27.2 Å². The van der Waals surface area contributed by atoms with Crippen LogP contribution in [-0.4, -0.2) is 224 Å². The first-order chi connectivity index (χ1) is 36.5. The van der Waals surface area contributed by atoms with Crippen molar-refractivity contribution in [2.45, 2.75) is 39.2 Å². The predicted molar refractivity (Wildman–Crippen MR) is 272 cm³/mol. The molecule has 19 nitrogen and oxygen atoms in total. The summed E-state index contributed by atoms with van der Waals surface area (Å²) >= 11 is 1.72. The number of likely N-dealkylation sites (tertiary alicyclic amines) is 2. The van der Waals surface area contributed by atoms with E-state index in [-0.39, 0.29) is 31.8 Å². The number of nitrogens with two attached hydrogens (primary N) is 1. The van der Waals surface area contributed by atoms with Crippen LogP contribution < -0.4 is 15.8 Å². The van der Waals surface area contributed by atoms with Crippen molar-refractivity contribution in [2.24, 2.45) is 16.1 Å². The van der Waals surface area contributed by atoms with Crippen LogP contribution >= 0.6 is 11.3 Å². The Morgan fingerprint density at radius 3 is 1.63 bits per heavy atom. The zero-order valence-corrected chi connectivity index (χ0v) is 44.5. The third kappa shape index (κ3) is 23.0. The predicted octanol–water partition coefficient (Wildman–Crippen LogP) is 4.21. The van der Waals surface area contributed by atoms with Gasteiger partial charge in [0.2, 0.25) is 23.3 Å². The van der Waals surface area contributed by atoms with E-state index in [1.54, 1.807) is 11.3 Å². The van der Waals surface area contributed by atoms with Gasteiger partial charge in [-0.15, -0.1) is 11.3 Å². The molecule has 75 heavy (non-hydrogen) atoms. The van der Waals surface area contributed by atoms with Gasteiger partial charge in [0.25, 0.3) is 0 Å². The summed E-state index contributed by atoms with van der Waals surface area (Å²) in [5, 5.41) is 3.17. The molecule has 0 radical (unpaired) electrons. The van der Waals surface area contributed by atoms with E-state index in [4.69, 9.17) is 53.1 Å². The molecule has 1 aromatic carbocycles. The molecule has 0 aliphatic carbocycles. The van der Waals surface area contributed by atoms with Crippen LogP contribution in [0, 0.1) is 28.7 Å². The Kier molecular flexibility index (Phi) is 29.5. The van der Waals surface area contributed by atoms with Crippen LogP contribution in [-0.2, 0) is 63.5 Å². The number of nitrogens with one attached hydrogen (secondary N) is 1. The van der Waals surface area contributed by atoms with Crippen molar-refractivity contribution in [1.29, 1.82) is 0 Å². The van der Waals surface area contributed by atoms with Gasteiger partial charge in [0.1, 0.15) is 5.84 Å². The maximum absolute atomic E-state index is 13.6. The Hall–Kier alpha value is -3.73. The zero-order valence-electron chi connectivity index (χ0n) is 43.7. The number of ether oxygens (including phenoxy) is 11. The number of amides is 1. The van der Waals surface area contributed by atoms with Crippen LogP contribution in [0.25, 0.3) is 6.08 Å². The van der Waals surface area contributed by atoms with E-state index in [0.29, 0.717) is 130 Å². The Labute approximate surface area is 442 Å². The molecule has 0 atom stereocenters. The molecule has 2 saturated heterocycles. The number of esters is 1. The molecule has 3 N–H and O–H groups in total. The second kappa shape index (κ2) is 35.6. The van der Waals surface area contributed by atoms with Gasteiger partial charge in [-0.2, -0.15) is 8.78 Å². The number of rotatable bonds is 43. The first-order valence-electron chi connectivity index (χ1n) is 25.9. The van der Waals surface area contributed by atoms with Gasteiger partial charge < -0.3 is 68.1 Å². The first-order valence-corrected chi connectivity index (χ1v) is 26.7. The number of carbonyl (C=O) groups excluding carboxylic acids is 2. The van der Waals surface area contributed by atoms with Crippen molar-refractivity contribution in [3.8, 4) is 5.75 Å². The molecule has 0 saturated carbocycles. The lowest BCUT2D eigenvalue weighted by Crippen LogP contribution is -2.71. The van der Waals surface area contributed by atoms with Crippen molar-refractivity contribution in [2.75, 3.05) is 192 Å². The highest BCUT2D eigenvalue weighted by atomic mass is 32.1. The molecular weight excluding hydrogens is 1010 g/mol. The normalized spacial score (nSPS) is 15.3. The fourth-order valence-electron chi connectivity index (χ4n) is 8.42. The minimum absolute atomic E-state index is 0.0199. The third-order valence-corrected chi connectivity index (χ3v) is 13.0. The fraction of sp³-hybridized carbons (Fsp3) is 0.706. The number of nitrogens with zero attached hydrogens (tertiary/aromatic N) is 4. The number of carbonyl (C=O) groups is 2. The first kappa shape index (κ1) is 62.1. The summed E-state index contributed by atoms with van der Waals surface area (Å²) in [6, 6.07) is 2.16. The van der Waals surface area contributed by atoms with Crippen LogP contribution in [0.2, 0.25) is 0 Å². The molecule has 3 aliphatic heterocycles. The third-order valence-electron chi connectivity index (χ3n) is 11.9. The minimum atomic E-state index is -1.80. The van der Waals surface area contributed by atoms with E-state index < -0.39 is 41.4 Å². The van der Waals surface area contributed by atoms with Gasteiger partial charge in [-0.1, -0.05) is 6.92 Å². The van der Waals surface area contributed by atoms with Crippen molar-refractivity contribution in [3.63, 3.8) is 0 Å². The SMILES string of the molecule is CCCN(CCCNC)C(=O)C1=Cc2sc(CN3CC4(CN(CCOCCOCCOCCOCCOCCOCCOCCOCCOCCOCCC(=O)Oc5c(F)c(F)cc(F)c5F)C4)C3)cc2N=C(N)C1. The average Bonchev–Trinajstić information content (AvgIpc) is 3.66. The molecule has 3 aliphatic rings. The van der Waals surface area contributed by atoms with Gasteiger partial charge in [0, 0.05) is 80.7 Å². The Balaban J connectivity index is 0.713. The number of hydrogen-bond acceptors (Lipinski definition) is 19. The number of fused-ring (bicyclic) bond motifs is 1. The van der Waals surface area contributed by atoms with E-state index >= 15 is 0 Å². The molecular formula is C51H78F4N6O13S. The molecule has 1 spiro atoms. The van der Waals surface area contributed by atoms with E-state index in [0.717, 1.165) is 87.9 Å². The van der Waals surface area contributed by atoms with Gasteiger partial charge in [-0.25, -0.2) is 13.8 Å². The molecule has 4 heterocycles. The Bertz CT molecular complexity index is 2020. The van der Waals surface area contributed by atoms with Crippen molar-refractivity contribution < 1.29 is 79.3 Å². The van der Waals surface area contributed by atoms with E-state index in [1.165, 1.54) is 4.88 Å². The van der Waals surface area contributed by atoms with Gasteiger partial charge in [0.15, 0.2) is 11.6 Å². The summed E-state index contributed by atoms with van der Waals surface area (Å²) in [5.41, 5.74) is 8.27. The summed E-state index contributed by atoms with van der Waals surface area (Å²) in [5.74, 6) is -8.95. The second-order valence-corrected chi connectivity index (χ2v) is 19.3. The summed E-state index contributed by atoms with van der Waals surface area (Å²) < 4.78 is 113. The smallest absolute Gasteiger partial charge is 0.313 e. The highest BCUT2D eigenvalue weighted by molar-refractivity contribution is 7.13. The number of amidine groups is 1. The lowest BCUT2D eigenvalue weighted by Gasteiger charge is -2.60. The number of hydrogen-bond donors (Lipinski definition) is 2. The lowest BCUT2D eigenvalue weighted by molar-refractivity contribution is -0.136. The van der Waals surface area contributed by atoms with Crippen LogP contribution in [0.3, 0.4) is 0 Å². The van der Waals surface area contributed by atoms with E-state index in [2.05, 4.69) is 37.8 Å². The van der Waals surface area contributed by atoms with Crippen LogP contribution in [0.1, 0.15) is 42.4 Å². The highest BCUT2D eigenvalue weighted by Gasteiger charge is 2.51. The van der Waals surface area contributed by atoms with Gasteiger partial charge in [-0.05, 0) is 38.6 Å². The number of halogens is 4. The van der Waals surface area contributed by atoms with Crippen LogP contribution in [0.5, 0.6) is 5.75 Å². The van der Waals surface area contributed by atoms with Crippen molar-refractivity contribution in [3.05, 3.63) is 50.7 Å². The largest absolute Gasteiger partial charge is 0.420 e. The molecule has 0 bridgehead atoms. The monoisotopic (exact) mass is 1090 g/mol. The topological polar surface area (TPSA) is 196 Å². The van der Waals surface area contributed by atoms with Crippen LogP contribution in [0.15, 0.2) is 22.7 Å². The number of benzene rings is 1. The lowest BCUT2D eigenvalue weighted by atomic mass is 9.73. The Morgan fingerprint density at radius 2 is 1.15 bits per heavy atom. The van der Waals surface area contributed by atoms with Crippen molar-refractivity contribution >= 4 is 40.8 Å². The maximum atomic E-state index is 13.6. The molecule has 2 aromatic rings. The molecule has 24 heteroatoms. The molecule has 424 valence electrons. The summed E-state index contributed by atoms with van der Waals surface area (Å²) in [7, 11) is 1.93. The molecule has 1 amide bonds. The summed E-state index contributed by atoms with van der Waals surface area (Å²) in [4.78, 5) is 39.1. The molecule has 5 rings (SSSR count). The Morgan fingerprint density at radius 1 is 0.680 bits per heavy atom. The highest BCUT2D eigenvalue weighted by Crippen LogP contribution is 2.42. The molecule has 1 aromatic heterocycles. The second-order valence-electron chi connectivity index (χ2n) is 18.2. The standard InChI is InChI=1S/C51H78F4N6O13S/c1-3-7-61(8-4-6-57-2)50(63)39-30-44-43(58-45(56)31-39)32-40(75-44)34-60-37-51(38-60)35-59(36-51)9-11-65-13-15-67-17-19-69-21-23-71-25-27-73-29-28-72-26-24-70-22-20-68-18-16-66-14-12-64-10-5-46(62)74-49-47(54)41(52)33-42(53)48(49)55/h30,32-33,57H,3-29,31,34-38H2,1-2H3,(H2,56,58). The molecule has 2 fully saturated rings. The molecule has 0 unspecified atom stereocenters. The maximum Gasteiger partial charge on any atom is 0.313 e. The minimum Gasteiger partial charge on any atom is -0.420 e. The number of thiophene rings is 1. The average molecular weight is 1090 g/mol. The summed E-state index contributed by atoms with van der Waals surface area (Å²) in [6.45, 7) is 18.4. The quantitative estimate of drug-likeness (QED) is 0.0315. The van der Waals surface area contributed by atoms with Crippen molar-refractivity contribution in [1.82, 2.24) is 20.0 Å². The van der Waals surface area contributed by atoms with E-state index in [1.807, 2.05) is 18.0 Å². The van der Waals surface area contributed by atoms with Crippen LogP contribution in [0.4, 0.5) is 23.2 Å². The van der Waals surface area contributed by atoms with Gasteiger partial charge >= 0.3 is 5.97 Å². The zero-order chi connectivity index (χ0) is 53.5. The fourth-order valence-corrected chi connectivity index (χ4v) is 9.53. The van der Waals surface area contributed by atoms with Gasteiger partial charge in [-0.3, -0.25) is 19.4 Å². The number of aliphatic imine (C=N–C) groups is 1. The van der Waals surface area contributed by atoms with Gasteiger partial charge in [0.05, 0.1) is 149 Å². The summed E-state index contributed by atoms with van der Waals surface area (Å²) in [6.07, 6.45) is 3.81.